The zero-order valence-corrected chi connectivity index (χ0v) is 12.0. The molecule has 1 aliphatic heterocycles. The summed E-state index contributed by atoms with van der Waals surface area (Å²) in [5, 5.41) is 9.95. The van der Waals surface area contributed by atoms with Crippen LogP contribution in [0.25, 0.3) is 0 Å². The summed E-state index contributed by atoms with van der Waals surface area (Å²) in [7, 11) is 1.57. The molecule has 0 aromatic carbocycles. The molecule has 0 radical (unpaired) electrons. The third kappa shape index (κ3) is 2.40. The fourth-order valence-corrected chi connectivity index (χ4v) is 2.64. The number of fused-ring (bicyclic) bond motifs is 1. The molecule has 19 heavy (non-hydrogen) atoms. The number of rotatable bonds is 3. The van der Waals surface area contributed by atoms with E-state index in [-0.39, 0.29) is 17.7 Å². The summed E-state index contributed by atoms with van der Waals surface area (Å²) < 4.78 is 1.53. The lowest BCUT2D eigenvalue weighted by molar-refractivity contribution is 0.0470. The van der Waals surface area contributed by atoms with Gasteiger partial charge in [0.2, 0.25) is 0 Å². The predicted molar refractivity (Wildman–Crippen MR) is 72.5 cm³/mol. The van der Waals surface area contributed by atoms with Gasteiger partial charge in [0, 0.05) is 25.5 Å². The lowest BCUT2D eigenvalue weighted by Crippen LogP contribution is -2.49. The Morgan fingerprint density at radius 3 is 2.95 bits per heavy atom. The van der Waals surface area contributed by atoms with Crippen molar-refractivity contribution in [2.75, 3.05) is 19.4 Å². The molecule has 1 amide bonds. The highest BCUT2D eigenvalue weighted by atomic mass is 32.2. The topological polar surface area (TPSA) is 75.4 Å². The van der Waals surface area contributed by atoms with Crippen molar-refractivity contribution in [3.05, 3.63) is 22.1 Å². The standard InChI is InChI=1S/C12H17N3O3S/c1-12(2,7-16)14(3)9(17)8-6-13-11-15(10(8)18)4-5-19-11/h6,16H,4-5,7H2,1-3H3. The third-order valence-electron chi connectivity index (χ3n) is 3.39. The van der Waals surface area contributed by atoms with E-state index in [0.717, 1.165) is 5.75 Å². The van der Waals surface area contributed by atoms with Crippen LogP contribution in [0.5, 0.6) is 0 Å². The Morgan fingerprint density at radius 1 is 1.63 bits per heavy atom. The van der Waals surface area contributed by atoms with E-state index >= 15 is 0 Å². The molecule has 1 aromatic heterocycles. The molecular formula is C12H17N3O3S. The summed E-state index contributed by atoms with van der Waals surface area (Å²) >= 11 is 1.51. The molecule has 0 spiro atoms. The molecule has 0 bridgehead atoms. The Hall–Kier alpha value is -1.34. The highest BCUT2D eigenvalue weighted by Gasteiger charge is 2.30. The van der Waals surface area contributed by atoms with Crippen LogP contribution in [0.4, 0.5) is 0 Å². The molecule has 1 aromatic rings. The first kappa shape index (κ1) is 14.1. The van der Waals surface area contributed by atoms with E-state index in [0.29, 0.717) is 11.7 Å². The van der Waals surface area contributed by atoms with Crippen LogP contribution in [-0.4, -0.2) is 50.4 Å². The predicted octanol–water partition coefficient (Wildman–Crippen LogP) is 0.192. The number of amides is 1. The average molecular weight is 283 g/mol. The van der Waals surface area contributed by atoms with Gasteiger partial charge in [0.1, 0.15) is 5.56 Å². The Bertz CT molecular complexity index is 568. The van der Waals surface area contributed by atoms with Gasteiger partial charge in [-0.2, -0.15) is 0 Å². The molecule has 1 aliphatic rings. The maximum Gasteiger partial charge on any atom is 0.267 e. The molecule has 0 unspecified atom stereocenters. The van der Waals surface area contributed by atoms with Crippen molar-refractivity contribution in [3.8, 4) is 0 Å². The van der Waals surface area contributed by atoms with Gasteiger partial charge in [-0.1, -0.05) is 11.8 Å². The second-order valence-corrected chi connectivity index (χ2v) is 6.16. The number of carbonyl (C=O) groups is 1. The Kier molecular flexibility index (Phi) is 3.69. The first-order valence-electron chi connectivity index (χ1n) is 6.00. The average Bonchev–Trinajstić information content (AvgIpc) is 2.86. The van der Waals surface area contributed by atoms with Crippen molar-refractivity contribution in [1.82, 2.24) is 14.5 Å². The molecule has 6 nitrogen and oxygen atoms in total. The van der Waals surface area contributed by atoms with Crippen LogP contribution in [0.15, 0.2) is 16.1 Å². The van der Waals surface area contributed by atoms with Crippen LogP contribution in [0.3, 0.4) is 0 Å². The molecule has 2 rings (SSSR count). The molecular weight excluding hydrogens is 266 g/mol. The number of likely N-dealkylation sites (N-methyl/N-ethyl adjacent to an activating group) is 1. The monoisotopic (exact) mass is 283 g/mol. The lowest BCUT2D eigenvalue weighted by atomic mass is 10.0. The van der Waals surface area contributed by atoms with E-state index in [9.17, 15) is 14.7 Å². The smallest absolute Gasteiger partial charge is 0.267 e. The maximum absolute atomic E-state index is 12.3. The third-order valence-corrected chi connectivity index (χ3v) is 4.36. The number of hydrogen-bond acceptors (Lipinski definition) is 5. The molecule has 0 fully saturated rings. The van der Waals surface area contributed by atoms with Crippen LogP contribution in [0.1, 0.15) is 24.2 Å². The van der Waals surface area contributed by atoms with Crippen molar-refractivity contribution in [2.45, 2.75) is 31.1 Å². The van der Waals surface area contributed by atoms with Gasteiger partial charge < -0.3 is 10.0 Å². The highest BCUT2D eigenvalue weighted by Crippen LogP contribution is 2.21. The summed E-state index contributed by atoms with van der Waals surface area (Å²) in [6.07, 6.45) is 1.33. The van der Waals surface area contributed by atoms with Gasteiger partial charge in [-0.25, -0.2) is 4.98 Å². The second kappa shape index (κ2) is 4.97. The van der Waals surface area contributed by atoms with Gasteiger partial charge in [0.25, 0.3) is 11.5 Å². The lowest BCUT2D eigenvalue weighted by Gasteiger charge is -2.33. The van der Waals surface area contributed by atoms with Crippen molar-refractivity contribution in [2.24, 2.45) is 0 Å². The van der Waals surface area contributed by atoms with E-state index < -0.39 is 11.4 Å². The Labute approximate surface area is 115 Å². The zero-order chi connectivity index (χ0) is 14.2. The van der Waals surface area contributed by atoms with Crippen molar-refractivity contribution < 1.29 is 9.90 Å². The quantitative estimate of drug-likeness (QED) is 0.802. The van der Waals surface area contributed by atoms with E-state index in [1.165, 1.54) is 27.4 Å². The molecule has 7 heteroatoms. The fraction of sp³-hybridized carbons (Fsp3) is 0.583. The van der Waals surface area contributed by atoms with Crippen LogP contribution in [0.2, 0.25) is 0 Å². The van der Waals surface area contributed by atoms with Crippen LogP contribution in [-0.2, 0) is 6.54 Å². The van der Waals surface area contributed by atoms with Gasteiger partial charge in [-0.05, 0) is 13.8 Å². The highest BCUT2D eigenvalue weighted by molar-refractivity contribution is 7.99. The normalized spacial score (nSPS) is 14.3. The number of nitrogens with zero attached hydrogens (tertiary/aromatic N) is 3. The van der Waals surface area contributed by atoms with Gasteiger partial charge in [-0.3, -0.25) is 14.2 Å². The first-order valence-corrected chi connectivity index (χ1v) is 6.98. The van der Waals surface area contributed by atoms with Crippen LogP contribution in [0, 0.1) is 0 Å². The van der Waals surface area contributed by atoms with Gasteiger partial charge in [0.15, 0.2) is 5.16 Å². The number of aliphatic hydroxyl groups excluding tert-OH is 1. The van der Waals surface area contributed by atoms with E-state index in [1.807, 2.05) is 0 Å². The summed E-state index contributed by atoms with van der Waals surface area (Å²) in [4.78, 5) is 30.1. The van der Waals surface area contributed by atoms with Crippen LogP contribution < -0.4 is 5.56 Å². The van der Waals surface area contributed by atoms with E-state index in [4.69, 9.17) is 0 Å². The molecule has 0 saturated carbocycles. The molecule has 0 atom stereocenters. The SMILES string of the molecule is CN(C(=O)c1cnc2n(c1=O)CCS2)C(C)(C)CO. The largest absolute Gasteiger partial charge is 0.394 e. The molecule has 0 saturated heterocycles. The maximum atomic E-state index is 12.3. The minimum absolute atomic E-state index is 0.0512. The minimum atomic E-state index is -0.720. The van der Waals surface area contributed by atoms with E-state index in [2.05, 4.69) is 4.98 Å². The minimum Gasteiger partial charge on any atom is -0.394 e. The van der Waals surface area contributed by atoms with Crippen LogP contribution >= 0.6 is 11.8 Å². The summed E-state index contributed by atoms with van der Waals surface area (Å²) in [6.45, 7) is 3.88. The first-order chi connectivity index (χ1) is 8.88. The number of aliphatic hydroxyl groups is 1. The Morgan fingerprint density at radius 2 is 2.32 bits per heavy atom. The van der Waals surface area contributed by atoms with Crippen molar-refractivity contribution >= 4 is 17.7 Å². The molecule has 2 heterocycles. The number of aromatic nitrogens is 2. The number of thioether (sulfide) groups is 1. The van der Waals surface area contributed by atoms with Crippen molar-refractivity contribution in [1.29, 1.82) is 0 Å². The zero-order valence-electron chi connectivity index (χ0n) is 11.2. The van der Waals surface area contributed by atoms with Gasteiger partial charge in [-0.15, -0.1) is 0 Å². The summed E-state index contributed by atoms with van der Waals surface area (Å²) in [5.74, 6) is 0.390. The molecule has 1 N–H and O–H groups in total. The Balaban J connectivity index is 2.38. The fourth-order valence-electron chi connectivity index (χ4n) is 1.73. The number of hydrogen-bond donors (Lipinski definition) is 1. The summed E-state index contributed by atoms with van der Waals surface area (Å²) in [6, 6.07) is 0. The summed E-state index contributed by atoms with van der Waals surface area (Å²) in [5.41, 5.74) is -0.974. The van der Waals surface area contributed by atoms with Crippen molar-refractivity contribution in [3.63, 3.8) is 0 Å². The number of carbonyl (C=O) groups excluding carboxylic acids is 1. The molecule has 0 aliphatic carbocycles. The van der Waals surface area contributed by atoms with Gasteiger partial charge >= 0.3 is 0 Å². The van der Waals surface area contributed by atoms with E-state index in [1.54, 1.807) is 20.9 Å². The van der Waals surface area contributed by atoms with Gasteiger partial charge in [0.05, 0.1) is 12.1 Å². The molecule has 104 valence electrons. The second-order valence-electron chi connectivity index (χ2n) is 5.09.